The van der Waals surface area contributed by atoms with Crippen molar-refractivity contribution in [1.82, 2.24) is 0 Å². The highest BCUT2D eigenvalue weighted by Gasteiger charge is 2.44. The predicted molar refractivity (Wildman–Crippen MR) is 220 cm³/mol. The smallest absolute Gasteiger partial charge is 0.0361 e. The van der Waals surface area contributed by atoms with Crippen molar-refractivity contribution in [3.05, 3.63) is 168 Å². The second-order valence-corrected chi connectivity index (χ2v) is 16.7. The average Bonchev–Trinajstić information content (AvgIpc) is 3.72. The van der Waals surface area contributed by atoms with Gasteiger partial charge in [0.25, 0.3) is 0 Å². The second-order valence-electron chi connectivity index (χ2n) is 15.6. The van der Waals surface area contributed by atoms with E-state index in [1.165, 1.54) is 108 Å². The van der Waals surface area contributed by atoms with Crippen LogP contribution in [0.2, 0.25) is 0 Å². The summed E-state index contributed by atoms with van der Waals surface area (Å²) in [6.07, 6.45) is 0. The molecule has 0 saturated heterocycles. The van der Waals surface area contributed by atoms with Crippen molar-refractivity contribution in [3.63, 3.8) is 0 Å². The molecule has 1 aromatic heterocycles. The van der Waals surface area contributed by atoms with Crippen molar-refractivity contribution in [1.29, 1.82) is 0 Å². The Balaban J connectivity index is 1.16. The van der Waals surface area contributed by atoms with Crippen molar-refractivity contribution in [3.8, 4) is 44.5 Å². The third-order valence-electron chi connectivity index (χ3n) is 12.2. The van der Waals surface area contributed by atoms with E-state index in [1.54, 1.807) is 0 Å². The lowest BCUT2D eigenvalue weighted by Crippen LogP contribution is -2.18. The molecule has 0 radical (unpaired) electrons. The molecule has 8 aromatic carbocycles. The Kier molecular flexibility index (Phi) is 5.77. The Morgan fingerprint density at radius 1 is 0.353 bits per heavy atom. The molecule has 0 saturated carbocycles. The summed E-state index contributed by atoms with van der Waals surface area (Å²) in [5.41, 5.74) is 16.4. The topological polar surface area (TPSA) is 0 Å². The molecule has 1 heteroatoms. The van der Waals surface area contributed by atoms with Crippen molar-refractivity contribution >= 4 is 53.1 Å². The van der Waals surface area contributed by atoms with Crippen LogP contribution in [0.1, 0.15) is 49.9 Å². The zero-order valence-corrected chi connectivity index (χ0v) is 30.1. The molecule has 1 heterocycles. The van der Waals surface area contributed by atoms with Gasteiger partial charge >= 0.3 is 0 Å². The van der Waals surface area contributed by atoms with Gasteiger partial charge in [-0.15, -0.1) is 11.3 Å². The maximum Gasteiger partial charge on any atom is 0.0361 e. The highest BCUT2D eigenvalue weighted by atomic mass is 32.1. The van der Waals surface area contributed by atoms with Crippen LogP contribution >= 0.6 is 11.3 Å². The molecule has 0 atom stereocenters. The Morgan fingerprint density at radius 3 is 1.59 bits per heavy atom. The van der Waals surface area contributed by atoms with Crippen LogP contribution in [0.15, 0.2) is 146 Å². The molecule has 0 amide bonds. The molecule has 0 nitrogen and oxygen atoms in total. The molecule has 0 bridgehead atoms. The van der Waals surface area contributed by atoms with Gasteiger partial charge in [0.2, 0.25) is 0 Å². The van der Waals surface area contributed by atoms with Gasteiger partial charge in [-0.2, -0.15) is 0 Å². The van der Waals surface area contributed by atoms with E-state index in [4.69, 9.17) is 0 Å². The van der Waals surface area contributed by atoms with Crippen LogP contribution in [-0.4, -0.2) is 0 Å². The minimum absolute atomic E-state index is 0.0158. The summed E-state index contributed by atoms with van der Waals surface area (Å²) in [5.74, 6) is 0. The Bertz CT molecular complexity index is 2910. The first kappa shape index (κ1) is 29.3. The van der Waals surface area contributed by atoms with E-state index in [1.807, 2.05) is 11.3 Å². The molecule has 242 valence electrons. The van der Waals surface area contributed by atoms with Gasteiger partial charge in [-0.3, -0.25) is 0 Å². The summed E-state index contributed by atoms with van der Waals surface area (Å²) >= 11 is 1.89. The minimum Gasteiger partial charge on any atom is -0.135 e. The average molecular weight is 669 g/mol. The van der Waals surface area contributed by atoms with Gasteiger partial charge in [-0.05, 0) is 107 Å². The quantitative estimate of drug-likeness (QED) is 0.161. The van der Waals surface area contributed by atoms with E-state index in [2.05, 4.69) is 173 Å². The fourth-order valence-corrected chi connectivity index (χ4v) is 11.0. The highest BCUT2D eigenvalue weighted by Crippen LogP contribution is 2.59. The number of thiophene rings is 1. The first-order valence-electron chi connectivity index (χ1n) is 18.1. The van der Waals surface area contributed by atoms with Crippen LogP contribution in [0, 0.1) is 0 Å². The zero-order chi connectivity index (χ0) is 34.2. The third-order valence-corrected chi connectivity index (χ3v) is 13.4. The summed E-state index contributed by atoms with van der Waals surface area (Å²) in [7, 11) is 0. The molecule has 51 heavy (non-hydrogen) atoms. The Labute approximate surface area is 302 Å². The van der Waals surface area contributed by atoms with Crippen LogP contribution in [0.4, 0.5) is 0 Å². The van der Waals surface area contributed by atoms with Crippen LogP contribution in [0.3, 0.4) is 0 Å². The van der Waals surface area contributed by atoms with E-state index >= 15 is 0 Å². The summed E-state index contributed by atoms with van der Waals surface area (Å²) in [5, 5.41) is 7.86. The molecule has 0 unspecified atom stereocenters. The number of benzene rings is 8. The van der Waals surface area contributed by atoms with Gasteiger partial charge in [0.05, 0.1) is 0 Å². The molecule has 11 rings (SSSR count). The standard InChI is InChI=1S/C50H36S/c1-49(2)40-19-11-9-18-38(40)47-42(49)26-24-37-39-27-29(22-25-41(39)50(3,4)48(37)47)45-33-14-5-7-16-35(33)46(36-17-8-6-15-34(36)45)30-21-23-32-31-13-10-12-20-43(31)51-44(32)28-30/h5-28H,1-4H3. The minimum atomic E-state index is -0.110. The molecule has 0 N–H and O–H groups in total. The summed E-state index contributed by atoms with van der Waals surface area (Å²) in [6, 6.07) is 55.2. The molecule has 0 fully saturated rings. The van der Waals surface area contributed by atoms with Gasteiger partial charge < -0.3 is 0 Å². The van der Waals surface area contributed by atoms with E-state index < -0.39 is 0 Å². The normalized spacial score (nSPS) is 15.0. The van der Waals surface area contributed by atoms with E-state index in [0.717, 1.165) is 0 Å². The molecule has 2 aliphatic rings. The lowest BCUT2D eigenvalue weighted by atomic mass is 9.77. The first-order chi connectivity index (χ1) is 24.8. The first-order valence-corrected chi connectivity index (χ1v) is 18.9. The number of fused-ring (bicyclic) bond motifs is 12. The lowest BCUT2D eigenvalue weighted by Gasteiger charge is -2.26. The molecule has 0 spiro atoms. The van der Waals surface area contributed by atoms with Crippen molar-refractivity contribution in [2.45, 2.75) is 38.5 Å². The molecular weight excluding hydrogens is 633 g/mol. The zero-order valence-electron chi connectivity index (χ0n) is 29.3. The summed E-state index contributed by atoms with van der Waals surface area (Å²) in [4.78, 5) is 0. The van der Waals surface area contributed by atoms with Crippen molar-refractivity contribution in [2.24, 2.45) is 0 Å². The SMILES string of the molecule is CC1(C)c2ccccc2-c2c1ccc1c2C(C)(C)c2ccc(-c3c4ccccc4c(-c4ccc5c(c4)sc4ccccc45)c4ccccc34)cc2-1. The summed E-state index contributed by atoms with van der Waals surface area (Å²) in [6.45, 7) is 9.63. The molecule has 0 aliphatic heterocycles. The maximum atomic E-state index is 2.50. The Morgan fingerprint density at radius 2 is 0.882 bits per heavy atom. The fourth-order valence-electron chi connectivity index (χ4n) is 9.90. The van der Waals surface area contributed by atoms with Crippen LogP contribution in [0.5, 0.6) is 0 Å². The van der Waals surface area contributed by atoms with Crippen LogP contribution < -0.4 is 0 Å². The largest absolute Gasteiger partial charge is 0.135 e. The van der Waals surface area contributed by atoms with E-state index in [9.17, 15) is 0 Å². The monoisotopic (exact) mass is 668 g/mol. The second kappa shape index (κ2) is 10.1. The van der Waals surface area contributed by atoms with Gasteiger partial charge in [0.1, 0.15) is 0 Å². The number of rotatable bonds is 2. The number of hydrogen-bond acceptors (Lipinski definition) is 1. The third kappa shape index (κ3) is 3.80. The van der Waals surface area contributed by atoms with E-state index in [0.29, 0.717) is 0 Å². The van der Waals surface area contributed by atoms with Crippen molar-refractivity contribution in [2.75, 3.05) is 0 Å². The van der Waals surface area contributed by atoms with E-state index in [-0.39, 0.29) is 10.8 Å². The van der Waals surface area contributed by atoms with Crippen molar-refractivity contribution < 1.29 is 0 Å². The van der Waals surface area contributed by atoms with Crippen LogP contribution in [0.25, 0.3) is 86.2 Å². The fraction of sp³-hybridized carbons (Fsp3) is 0.120. The van der Waals surface area contributed by atoms with Gasteiger partial charge in [-0.1, -0.05) is 155 Å². The summed E-state index contributed by atoms with van der Waals surface area (Å²) < 4.78 is 2.68. The molecule has 2 aliphatic carbocycles. The highest BCUT2D eigenvalue weighted by molar-refractivity contribution is 7.25. The van der Waals surface area contributed by atoms with Gasteiger partial charge in [0, 0.05) is 31.0 Å². The molecule has 9 aromatic rings. The lowest BCUT2D eigenvalue weighted by molar-refractivity contribution is 0.647. The van der Waals surface area contributed by atoms with Gasteiger partial charge in [-0.25, -0.2) is 0 Å². The number of hydrogen-bond donors (Lipinski definition) is 0. The predicted octanol–water partition coefficient (Wildman–Crippen LogP) is 14.3. The molecular formula is C50H36S. The maximum absolute atomic E-state index is 2.50. The van der Waals surface area contributed by atoms with Gasteiger partial charge in [0.15, 0.2) is 0 Å². The Hall–Kier alpha value is -5.50. The van der Waals surface area contributed by atoms with Crippen LogP contribution in [-0.2, 0) is 10.8 Å².